The summed E-state index contributed by atoms with van der Waals surface area (Å²) in [6, 6.07) is -0.965. The number of aliphatic carboxylic acids is 1. The Bertz CT molecular complexity index is 335. The lowest BCUT2D eigenvalue weighted by atomic mass is 9.80. The highest BCUT2D eigenvalue weighted by Gasteiger charge is 2.39. The Labute approximate surface area is 106 Å². The minimum Gasteiger partial charge on any atom is -0.480 e. The number of urea groups is 1. The second-order valence-corrected chi connectivity index (χ2v) is 5.09. The highest BCUT2D eigenvalue weighted by Crippen LogP contribution is 2.34. The van der Waals surface area contributed by atoms with E-state index in [0.717, 1.165) is 25.7 Å². The zero-order valence-corrected chi connectivity index (χ0v) is 10.6. The molecular formula is C12H20N2O4. The molecule has 0 aromatic carbocycles. The Morgan fingerprint density at radius 2 is 2.17 bits per heavy atom. The van der Waals surface area contributed by atoms with Gasteiger partial charge in [0.05, 0.1) is 5.60 Å². The average molecular weight is 256 g/mol. The Morgan fingerprint density at radius 1 is 1.44 bits per heavy atom. The van der Waals surface area contributed by atoms with Crippen LogP contribution in [0.4, 0.5) is 4.79 Å². The molecule has 0 aromatic rings. The lowest BCUT2D eigenvalue weighted by Crippen LogP contribution is -2.53. The molecule has 1 saturated carbocycles. The SMILES string of the molecule is COC1(CNC(=O)N2CCCC2C(=O)O)CCC1. The van der Waals surface area contributed by atoms with Gasteiger partial charge in [-0.2, -0.15) is 0 Å². The van der Waals surface area contributed by atoms with Gasteiger partial charge >= 0.3 is 12.0 Å². The normalized spacial score (nSPS) is 25.6. The van der Waals surface area contributed by atoms with Gasteiger partial charge in [0.1, 0.15) is 6.04 Å². The predicted molar refractivity (Wildman–Crippen MR) is 64.4 cm³/mol. The first-order chi connectivity index (χ1) is 8.58. The van der Waals surface area contributed by atoms with Crippen molar-refractivity contribution in [2.45, 2.75) is 43.7 Å². The van der Waals surface area contributed by atoms with Crippen LogP contribution in [0.25, 0.3) is 0 Å². The molecule has 1 unspecified atom stereocenters. The van der Waals surface area contributed by atoms with Crippen molar-refractivity contribution >= 4 is 12.0 Å². The molecule has 102 valence electrons. The third kappa shape index (κ3) is 2.43. The van der Waals surface area contributed by atoms with Gasteiger partial charge in [0.2, 0.25) is 0 Å². The highest BCUT2D eigenvalue weighted by molar-refractivity contribution is 5.83. The number of methoxy groups -OCH3 is 1. The molecule has 1 atom stereocenters. The third-order valence-electron chi connectivity index (χ3n) is 4.06. The molecule has 18 heavy (non-hydrogen) atoms. The maximum absolute atomic E-state index is 12.0. The van der Waals surface area contributed by atoms with Crippen molar-refractivity contribution in [3.8, 4) is 0 Å². The molecule has 6 nitrogen and oxygen atoms in total. The lowest BCUT2D eigenvalue weighted by molar-refractivity contribution is -0.141. The van der Waals surface area contributed by atoms with Gasteiger partial charge in [0.15, 0.2) is 0 Å². The third-order valence-corrected chi connectivity index (χ3v) is 4.06. The van der Waals surface area contributed by atoms with E-state index in [2.05, 4.69) is 5.32 Å². The van der Waals surface area contributed by atoms with Gasteiger partial charge in [-0.1, -0.05) is 0 Å². The number of carbonyl (C=O) groups is 2. The van der Waals surface area contributed by atoms with Crippen molar-refractivity contribution in [3.05, 3.63) is 0 Å². The second-order valence-electron chi connectivity index (χ2n) is 5.09. The van der Waals surface area contributed by atoms with E-state index in [-0.39, 0.29) is 11.6 Å². The van der Waals surface area contributed by atoms with E-state index >= 15 is 0 Å². The number of rotatable bonds is 4. The number of carboxylic acids is 1. The summed E-state index contributed by atoms with van der Waals surface area (Å²) in [6.45, 7) is 0.980. The second kappa shape index (κ2) is 5.14. The molecule has 2 N–H and O–H groups in total. The van der Waals surface area contributed by atoms with Gasteiger partial charge in [-0.25, -0.2) is 9.59 Å². The Morgan fingerprint density at radius 3 is 2.67 bits per heavy atom. The summed E-state index contributed by atoms with van der Waals surface area (Å²) >= 11 is 0. The van der Waals surface area contributed by atoms with E-state index in [4.69, 9.17) is 9.84 Å². The molecule has 2 amide bonds. The van der Waals surface area contributed by atoms with Gasteiger partial charge in [-0.15, -0.1) is 0 Å². The first kappa shape index (κ1) is 13.1. The quantitative estimate of drug-likeness (QED) is 0.780. The van der Waals surface area contributed by atoms with E-state index in [1.165, 1.54) is 4.90 Å². The van der Waals surface area contributed by atoms with Crippen LogP contribution >= 0.6 is 0 Å². The summed E-state index contributed by atoms with van der Waals surface area (Å²) in [6.07, 6.45) is 4.31. The minimum absolute atomic E-state index is 0.228. The van der Waals surface area contributed by atoms with E-state index in [1.807, 2.05) is 0 Å². The number of nitrogens with zero attached hydrogens (tertiary/aromatic N) is 1. The molecular weight excluding hydrogens is 236 g/mol. The Kier molecular flexibility index (Phi) is 3.75. The van der Waals surface area contributed by atoms with Crippen LogP contribution in [-0.2, 0) is 9.53 Å². The molecule has 1 saturated heterocycles. The van der Waals surface area contributed by atoms with E-state index in [0.29, 0.717) is 19.5 Å². The van der Waals surface area contributed by atoms with Gasteiger partial charge in [0.25, 0.3) is 0 Å². The number of nitrogens with one attached hydrogen (secondary N) is 1. The zero-order chi connectivity index (χ0) is 13.2. The molecule has 0 bridgehead atoms. The smallest absolute Gasteiger partial charge is 0.326 e. The summed E-state index contributed by atoms with van der Waals surface area (Å²) in [7, 11) is 1.65. The molecule has 0 spiro atoms. The molecule has 2 rings (SSSR count). The molecule has 6 heteroatoms. The van der Waals surface area contributed by atoms with Gasteiger partial charge < -0.3 is 20.1 Å². The highest BCUT2D eigenvalue weighted by atomic mass is 16.5. The lowest BCUT2D eigenvalue weighted by Gasteiger charge is -2.40. The Balaban J connectivity index is 1.86. The minimum atomic E-state index is -0.923. The first-order valence-corrected chi connectivity index (χ1v) is 6.40. The van der Waals surface area contributed by atoms with Gasteiger partial charge in [0, 0.05) is 20.2 Å². The summed E-state index contributed by atoms with van der Waals surface area (Å²) < 4.78 is 5.41. The number of carboxylic acid groups (broad SMARTS) is 1. The van der Waals surface area contributed by atoms with Crippen molar-refractivity contribution in [2.75, 3.05) is 20.2 Å². The van der Waals surface area contributed by atoms with Crippen molar-refractivity contribution in [2.24, 2.45) is 0 Å². The molecule has 1 heterocycles. The summed E-state index contributed by atoms with van der Waals surface area (Å²) in [5.74, 6) is -0.923. The van der Waals surface area contributed by atoms with Crippen molar-refractivity contribution in [1.29, 1.82) is 0 Å². The van der Waals surface area contributed by atoms with Crippen LogP contribution in [0.3, 0.4) is 0 Å². The number of hydrogen-bond acceptors (Lipinski definition) is 3. The molecule has 2 aliphatic rings. The Hall–Kier alpha value is -1.30. The number of hydrogen-bond donors (Lipinski definition) is 2. The van der Waals surface area contributed by atoms with Crippen molar-refractivity contribution in [3.63, 3.8) is 0 Å². The maximum atomic E-state index is 12.0. The standard InChI is InChI=1S/C12H20N2O4/c1-18-12(5-3-6-12)8-13-11(17)14-7-2-4-9(14)10(15)16/h9H,2-8H2,1H3,(H,13,17)(H,15,16). The molecule has 0 radical (unpaired) electrons. The summed E-state index contributed by atoms with van der Waals surface area (Å²) in [4.78, 5) is 24.4. The fraction of sp³-hybridized carbons (Fsp3) is 0.833. The average Bonchev–Trinajstić information content (AvgIpc) is 2.76. The fourth-order valence-corrected chi connectivity index (χ4v) is 2.63. The molecule has 2 fully saturated rings. The van der Waals surface area contributed by atoms with Crippen LogP contribution < -0.4 is 5.32 Å². The van der Waals surface area contributed by atoms with Crippen molar-refractivity contribution in [1.82, 2.24) is 10.2 Å². The van der Waals surface area contributed by atoms with Gasteiger partial charge in [-0.3, -0.25) is 0 Å². The fourth-order valence-electron chi connectivity index (χ4n) is 2.63. The largest absolute Gasteiger partial charge is 0.480 e. The van der Waals surface area contributed by atoms with Crippen molar-refractivity contribution < 1.29 is 19.4 Å². The summed E-state index contributed by atoms with van der Waals surface area (Å²) in [5.41, 5.74) is -0.228. The molecule has 1 aliphatic carbocycles. The van der Waals surface area contributed by atoms with Gasteiger partial charge in [-0.05, 0) is 32.1 Å². The monoisotopic (exact) mass is 256 g/mol. The number of likely N-dealkylation sites (tertiary alicyclic amines) is 1. The zero-order valence-electron chi connectivity index (χ0n) is 10.6. The van der Waals surface area contributed by atoms with Crippen LogP contribution in [-0.4, -0.2) is 53.8 Å². The molecule has 0 aromatic heterocycles. The molecule has 1 aliphatic heterocycles. The van der Waals surface area contributed by atoms with E-state index < -0.39 is 12.0 Å². The maximum Gasteiger partial charge on any atom is 0.326 e. The van der Waals surface area contributed by atoms with E-state index in [1.54, 1.807) is 7.11 Å². The van der Waals surface area contributed by atoms with Crippen LogP contribution in [0.1, 0.15) is 32.1 Å². The number of amides is 2. The van der Waals surface area contributed by atoms with Crippen LogP contribution in [0.15, 0.2) is 0 Å². The van der Waals surface area contributed by atoms with Crippen LogP contribution in [0, 0.1) is 0 Å². The number of carbonyl (C=O) groups excluding carboxylic acids is 1. The summed E-state index contributed by atoms with van der Waals surface area (Å²) in [5, 5.41) is 11.8. The topological polar surface area (TPSA) is 78.9 Å². The number of ether oxygens (including phenoxy) is 1. The van der Waals surface area contributed by atoms with E-state index in [9.17, 15) is 9.59 Å². The predicted octanol–water partition coefficient (Wildman–Crippen LogP) is 0.814. The first-order valence-electron chi connectivity index (χ1n) is 6.40. The van der Waals surface area contributed by atoms with Crippen LogP contribution in [0.2, 0.25) is 0 Å². The van der Waals surface area contributed by atoms with Crippen LogP contribution in [0.5, 0.6) is 0 Å².